The second-order valence-electron chi connectivity index (χ2n) is 8.39. The zero-order valence-electron chi connectivity index (χ0n) is 14.1. The summed E-state index contributed by atoms with van der Waals surface area (Å²) in [6.07, 6.45) is 4.83. The number of rotatable bonds is 1. The predicted molar refractivity (Wildman–Crippen MR) is 92.3 cm³/mol. The van der Waals surface area contributed by atoms with E-state index in [0.29, 0.717) is 30.5 Å². The summed E-state index contributed by atoms with van der Waals surface area (Å²) in [4.78, 5) is 0. The molecule has 6 atom stereocenters. The molecule has 2 saturated heterocycles. The number of quaternary nitrogens is 1. The first-order valence-corrected chi connectivity index (χ1v) is 9.10. The van der Waals surface area contributed by atoms with Crippen molar-refractivity contribution in [3.63, 3.8) is 0 Å². The second-order valence-corrected chi connectivity index (χ2v) is 8.39. The molecule has 3 heteroatoms. The van der Waals surface area contributed by atoms with E-state index in [-0.39, 0.29) is 5.41 Å². The summed E-state index contributed by atoms with van der Waals surface area (Å²) in [5, 5.41) is 14.1. The number of nitrogens with one attached hydrogen (secondary N) is 1. The molecule has 1 spiro atoms. The van der Waals surface area contributed by atoms with Crippen LogP contribution in [0.1, 0.15) is 25.3 Å². The van der Waals surface area contributed by atoms with Crippen molar-refractivity contribution in [3.05, 3.63) is 41.5 Å². The van der Waals surface area contributed by atoms with E-state index in [1.165, 1.54) is 41.7 Å². The van der Waals surface area contributed by atoms with Crippen LogP contribution in [0.25, 0.3) is 0 Å². The molecule has 3 aliphatic heterocycles. The summed E-state index contributed by atoms with van der Waals surface area (Å²) in [5.41, 5.74) is 4.65. The predicted octanol–water partition coefficient (Wildman–Crippen LogP) is 2.53. The molecule has 1 aliphatic carbocycles. The van der Waals surface area contributed by atoms with Gasteiger partial charge in [-0.2, -0.15) is 0 Å². The fourth-order valence-corrected chi connectivity index (χ4v) is 6.76. The lowest BCUT2D eigenvalue weighted by molar-refractivity contribution is -0.925. The van der Waals surface area contributed by atoms with E-state index in [1.54, 1.807) is 5.57 Å². The van der Waals surface area contributed by atoms with E-state index in [9.17, 15) is 5.11 Å². The fraction of sp³-hybridized carbons (Fsp3) is 0.600. The lowest BCUT2D eigenvalue weighted by Crippen LogP contribution is -2.67. The van der Waals surface area contributed by atoms with Gasteiger partial charge in [-0.15, -0.1) is 0 Å². The van der Waals surface area contributed by atoms with Crippen LogP contribution >= 0.6 is 0 Å². The molecule has 5 rings (SSSR count). The molecule has 4 aliphatic rings. The number of piperidine rings is 1. The lowest BCUT2D eigenvalue weighted by Gasteiger charge is -2.56. The van der Waals surface area contributed by atoms with Gasteiger partial charge in [0.25, 0.3) is 0 Å². The van der Waals surface area contributed by atoms with Crippen molar-refractivity contribution in [2.45, 2.75) is 37.3 Å². The van der Waals surface area contributed by atoms with Crippen LogP contribution in [0.4, 0.5) is 5.69 Å². The topological polar surface area (TPSA) is 32.3 Å². The third-order valence-corrected chi connectivity index (χ3v) is 7.70. The smallest absolute Gasteiger partial charge is 0.102 e. The van der Waals surface area contributed by atoms with E-state index < -0.39 is 0 Å². The van der Waals surface area contributed by atoms with Crippen LogP contribution in [0.5, 0.6) is 0 Å². The van der Waals surface area contributed by atoms with Gasteiger partial charge >= 0.3 is 0 Å². The third-order valence-electron chi connectivity index (χ3n) is 7.70. The number of aliphatic hydroxyl groups is 1. The Kier molecular flexibility index (Phi) is 2.69. The molecule has 122 valence electrons. The highest BCUT2D eigenvalue weighted by Gasteiger charge is 2.70. The molecule has 0 aromatic heterocycles. The zero-order valence-corrected chi connectivity index (χ0v) is 14.1. The Hall–Kier alpha value is -1.32. The number of aliphatic hydroxyl groups excluding tert-OH is 1. The number of fused-ring (bicyclic) bond motifs is 2. The Labute approximate surface area is 138 Å². The van der Waals surface area contributed by atoms with E-state index in [2.05, 4.69) is 49.6 Å². The van der Waals surface area contributed by atoms with Crippen molar-refractivity contribution in [2.24, 2.45) is 11.8 Å². The number of para-hydroxylation sites is 1. The number of hydrogen-bond donors (Lipinski definition) is 2. The first-order valence-electron chi connectivity index (χ1n) is 9.10. The van der Waals surface area contributed by atoms with Crippen LogP contribution < -0.4 is 5.32 Å². The molecule has 23 heavy (non-hydrogen) atoms. The first-order chi connectivity index (χ1) is 11.1. The Bertz CT molecular complexity index is 699. The van der Waals surface area contributed by atoms with Crippen LogP contribution in [-0.2, 0) is 5.41 Å². The van der Waals surface area contributed by atoms with Crippen molar-refractivity contribution in [1.82, 2.24) is 0 Å². The van der Waals surface area contributed by atoms with Crippen LogP contribution in [0, 0.1) is 11.8 Å². The molecule has 1 aromatic carbocycles. The minimum atomic E-state index is 0.231. The van der Waals surface area contributed by atoms with Crippen molar-refractivity contribution in [2.75, 3.05) is 32.1 Å². The number of benzene rings is 1. The second kappa shape index (κ2) is 4.40. The molecule has 3 nitrogen and oxygen atoms in total. The maximum Gasteiger partial charge on any atom is 0.102 e. The van der Waals surface area contributed by atoms with E-state index in [0.717, 1.165) is 0 Å². The number of nitrogens with zero attached hydrogens (tertiary/aromatic N) is 1. The number of anilines is 1. The number of likely N-dealkylation sites (N-methyl/N-ethyl adjacent to an activating group) is 1. The quantitative estimate of drug-likeness (QED) is 0.617. The normalized spacial score (nSPS) is 48.0. The van der Waals surface area contributed by atoms with Gasteiger partial charge in [-0.05, 0) is 30.0 Å². The Morgan fingerprint density at radius 3 is 3.00 bits per heavy atom. The van der Waals surface area contributed by atoms with Crippen LogP contribution in [0.3, 0.4) is 0 Å². The van der Waals surface area contributed by atoms with Crippen molar-refractivity contribution >= 4 is 5.69 Å². The summed E-state index contributed by atoms with van der Waals surface area (Å²) in [7, 11) is 2.47. The van der Waals surface area contributed by atoms with Crippen LogP contribution in [-0.4, -0.2) is 48.4 Å². The monoisotopic (exact) mass is 311 g/mol. The van der Waals surface area contributed by atoms with Gasteiger partial charge in [0.15, 0.2) is 0 Å². The average Bonchev–Trinajstić information content (AvgIpc) is 3.08. The van der Waals surface area contributed by atoms with E-state index in [1.807, 2.05) is 0 Å². The highest BCUT2D eigenvalue weighted by Crippen LogP contribution is 2.62. The van der Waals surface area contributed by atoms with Gasteiger partial charge in [0.2, 0.25) is 0 Å². The molecule has 0 amide bonds. The van der Waals surface area contributed by atoms with Crippen molar-refractivity contribution in [1.29, 1.82) is 0 Å². The highest BCUT2D eigenvalue weighted by atomic mass is 16.3. The fourth-order valence-electron chi connectivity index (χ4n) is 6.76. The largest absolute Gasteiger partial charge is 0.396 e. The molecule has 1 saturated carbocycles. The van der Waals surface area contributed by atoms with E-state index in [4.69, 9.17) is 0 Å². The van der Waals surface area contributed by atoms with Crippen molar-refractivity contribution < 1.29 is 9.59 Å². The third kappa shape index (κ3) is 1.49. The molecular weight excluding hydrogens is 284 g/mol. The van der Waals surface area contributed by atoms with Gasteiger partial charge < -0.3 is 14.9 Å². The maximum absolute atomic E-state index is 10.3. The summed E-state index contributed by atoms with van der Waals surface area (Å²) in [6, 6.07) is 10.0. The molecule has 2 bridgehead atoms. The maximum atomic E-state index is 10.3. The van der Waals surface area contributed by atoms with Gasteiger partial charge in [0.05, 0.1) is 19.0 Å². The summed E-state index contributed by atoms with van der Waals surface area (Å²) in [6.45, 7) is 4.93. The molecule has 0 radical (unpaired) electrons. The summed E-state index contributed by atoms with van der Waals surface area (Å²) in [5.74, 6) is 0.899. The van der Waals surface area contributed by atoms with Crippen molar-refractivity contribution in [3.8, 4) is 0 Å². The Balaban J connectivity index is 1.74. The SMILES string of the molecule is C/C=C1/C[N@+]2(C)CC[C@]34c5ccccc5N[C@@H]3[C@H](CO)[C@H]1C[C@H]42. The Morgan fingerprint density at radius 1 is 1.39 bits per heavy atom. The van der Waals surface area contributed by atoms with Gasteiger partial charge in [-0.3, -0.25) is 0 Å². The minimum absolute atomic E-state index is 0.231. The molecule has 3 fully saturated rings. The molecule has 3 heterocycles. The Morgan fingerprint density at radius 2 is 2.22 bits per heavy atom. The van der Waals surface area contributed by atoms with Crippen LogP contribution in [0.15, 0.2) is 35.9 Å². The van der Waals surface area contributed by atoms with Gasteiger partial charge in [-0.1, -0.05) is 24.3 Å². The molecule has 0 unspecified atom stereocenters. The molecule has 1 aromatic rings. The van der Waals surface area contributed by atoms with Gasteiger partial charge in [0, 0.05) is 37.1 Å². The number of allylic oxidation sites excluding steroid dienone is 1. The van der Waals surface area contributed by atoms with Crippen LogP contribution in [0.2, 0.25) is 0 Å². The highest BCUT2D eigenvalue weighted by molar-refractivity contribution is 5.64. The molecule has 2 N–H and O–H groups in total. The van der Waals surface area contributed by atoms with Gasteiger partial charge in [-0.25, -0.2) is 0 Å². The average molecular weight is 311 g/mol. The van der Waals surface area contributed by atoms with E-state index >= 15 is 0 Å². The lowest BCUT2D eigenvalue weighted by atomic mass is 9.55. The van der Waals surface area contributed by atoms with Gasteiger partial charge in [0.1, 0.15) is 12.6 Å². The standard InChI is InChI=1S/C20H27N2O/c1-3-13-11-22(2)9-8-20-16-6-4-5-7-17(16)21-19(20)15(12-23)14(13)10-18(20)22/h3-7,14-15,18-19,21,23H,8-12H2,1-2H3/q+1/b13-3-/t14-,15+,18+,19+,20+,22-/m0/s1. The number of hydrogen-bond acceptors (Lipinski definition) is 2. The first kappa shape index (κ1) is 14.1. The summed E-state index contributed by atoms with van der Waals surface area (Å²) < 4.78 is 1.20. The summed E-state index contributed by atoms with van der Waals surface area (Å²) >= 11 is 0. The minimum Gasteiger partial charge on any atom is -0.396 e. The molecular formula is C20H27N2O+. The zero-order chi connectivity index (χ0) is 15.8.